The quantitative estimate of drug-likeness (QED) is 0.673. The molecule has 2 saturated carbocycles. The van der Waals surface area contributed by atoms with Crippen LogP contribution in [0.2, 0.25) is 0 Å². The SMILES string of the molecule is CN(C)C(=O)[C@@]1(Cc2ccccc2-c2cccs2)CCCN(C(=O)[C@H]2CC23CCC3)C1. The number of piperidine rings is 1. The lowest BCUT2D eigenvalue weighted by molar-refractivity contribution is -0.148. The summed E-state index contributed by atoms with van der Waals surface area (Å²) in [5.41, 5.74) is 2.19. The Labute approximate surface area is 189 Å². The Morgan fingerprint density at radius 3 is 2.55 bits per heavy atom. The van der Waals surface area contributed by atoms with E-state index in [2.05, 4.69) is 41.8 Å². The molecule has 164 valence electrons. The van der Waals surface area contributed by atoms with Crippen molar-refractivity contribution < 1.29 is 9.59 Å². The molecule has 1 saturated heterocycles. The van der Waals surface area contributed by atoms with E-state index < -0.39 is 5.41 Å². The third-order valence-electron chi connectivity index (χ3n) is 7.92. The van der Waals surface area contributed by atoms with Crippen molar-refractivity contribution in [1.82, 2.24) is 9.80 Å². The van der Waals surface area contributed by atoms with Crippen molar-refractivity contribution >= 4 is 23.2 Å². The number of thiophene rings is 1. The number of hydrogen-bond donors (Lipinski definition) is 0. The van der Waals surface area contributed by atoms with E-state index in [9.17, 15) is 9.59 Å². The zero-order valence-electron chi connectivity index (χ0n) is 18.6. The maximum absolute atomic E-state index is 13.6. The molecule has 1 aliphatic heterocycles. The maximum Gasteiger partial charge on any atom is 0.230 e. The molecule has 0 bridgehead atoms. The van der Waals surface area contributed by atoms with E-state index in [4.69, 9.17) is 0 Å². The molecule has 0 unspecified atom stereocenters. The minimum Gasteiger partial charge on any atom is -0.348 e. The number of rotatable bonds is 5. The lowest BCUT2D eigenvalue weighted by Gasteiger charge is -2.44. The Morgan fingerprint density at radius 2 is 1.90 bits per heavy atom. The van der Waals surface area contributed by atoms with Gasteiger partial charge in [-0.2, -0.15) is 0 Å². The highest BCUT2D eigenvalue weighted by Crippen LogP contribution is 2.66. The van der Waals surface area contributed by atoms with Crippen molar-refractivity contribution in [3.8, 4) is 10.4 Å². The van der Waals surface area contributed by atoms with Crippen molar-refractivity contribution in [3.63, 3.8) is 0 Å². The highest BCUT2D eigenvalue weighted by molar-refractivity contribution is 7.13. The van der Waals surface area contributed by atoms with Gasteiger partial charge in [-0.05, 0) is 66.5 Å². The summed E-state index contributed by atoms with van der Waals surface area (Å²) in [5.74, 6) is 0.673. The highest BCUT2D eigenvalue weighted by atomic mass is 32.1. The number of carbonyl (C=O) groups excluding carboxylic acids is 2. The van der Waals surface area contributed by atoms with Crippen molar-refractivity contribution in [2.24, 2.45) is 16.7 Å². The molecule has 5 heteroatoms. The van der Waals surface area contributed by atoms with Gasteiger partial charge in [0.05, 0.1) is 5.41 Å². The number of hydrogen-bond acceptors (Lipinski definition) is 3. The van der Waals surface area contributed by atoms with Crippen LogP contribution in [-0.4, -0.2) is 48.8 Å². The fraction of sp³-hybridized carbons (Fsp3) is 0.538. The Morgan fingerprint density at radius 1 is 1.10 bits per heavy atom. The molecule has 0 radical (unpaired) electrons. The van der Waals surface area contributed by atoms with Crippen molar-refractivity contribution in [3.05, 3.63) is 47.3 Å². The minimum atomic E-state index is -0.549. The lowest BCUT2D eigenvalue weighted by Crippen LogP contribution is -2.54. The van der Waals surface area contributed by atoms with Crippen LogP contribution in [0.15, 0.2) is 41.8 Å². The summed E-state index contributed by atoms with van der Waals surface area (Å²) in [4.78, 5) is 31.9. The van der Waals surface area contributed by atoms with Gasteiger partial charge in [-0.1, -0.05) is 36.8 Å². The van der Waals surface area contributed by atoms with Crippen LogP contribution in [0.4, 0.5) is 0 Å². The average molecular weight is 437 g/mol. The highest BCUT2D eigenvalue weighted by Gasteiger charge is 2.62. The summed E-state index contributed by atoms with van der Waals surface area (Å²) in [6.07, 6.45) is 7.18. The summed E-state index contributed by atoms with van der Waals surface area (Å²) in [6, 6.07) is 12.7. The molecular formula is C26H32N2O2S. The molecule has 1 aromatic heterocycles. The summed E-state index contributed by atoms with van der Waals surface area (Å²) in [6.45, 7) is 1.34. The fourth-order valence-corrected chi connectivity index (χ4v) is 6.79. The average Bonchev–Trinajstić information content (AvgIpc) is 3.31. The molecular weight excluding hydrogens is 404 g/mol. The standard InChI is InChI=1S/C26H32N2O2S/c1-27(2)24(30)26(16-19-8-3-4-9-20(19)22-10-5-15-31-22)13-7-14-28(18-26)23(29)21-17-25(21)11-6-12-25/h3-5,8-10,15,21H,6-7,11-14,16-18H2,1-2H3/t21-,26-/m1/s1. The third-order valence-corrected chi connectivity index (χ3v) is 8.82. The fourth-order valence-electron chi connectivity index (χ4n) is 6.00. The first-order valence-corrected chi connectivity index (χ1v) is 12.4. The van der Waals surface area contributed by atoms with Crippen LogP contribution in [0.25, 0.3) is 10.4 Å². The Bertz CT molecular complexity index is 979. The normalized spacial score (nSPS) is 26.4. The predicted molar refractivity (Wildman–Crippen MR) is 125 cm³/mol. The van der Waals surface area contributed by atoms with Gasteiger partial charge in [-0.15, -0.1) is 11.3 Å². The zero-order valence-corrected chi connectivity index (χ0v) is 19.4. The Kier molecular flexibility index (Phi) is 5.20. The second-order valence-electron chi connectivity index (χ2n) is 10.1. The smallest absolute Gasteiger partial charge is 0.230 e. The molecule has 0 N–H and O–H groups in total. The molecule has 2 aliphatic carbocycles. The van der Waals surface area contributed by atoms with Crippen LogP contribution in [0.3, 0.4) is 0 Å². The molecule has 2 atom stereocenters. The lowest BCUT2D eigenvalue weighted by atomic mass is 9.73. The van der Waals surface area contributed by atoms with Crippen LogP contribution >= 0.6 is 11.3 Å². The van der Waals surface area contributed by atoms with Gasteiger partial charge in [0.1, 0.15) is 0 Å². The Balaban J connectivity index is 1.44. The molecule has 4 nitrogen and oxygen atoms in total. The third kappa shape index (κ3) is 3.61. The van der Waals surface area contributed by atoms with Crippen LogP contribution in [0.5, 0.6) is 0 Å². The molecule has 5 rings (SSSR count). The second-order valence-corrected chi connectivity index (χ2v) is 11.1. The van der Waals surface area contributed by atoms with Gasteiger partial charge < -0.3 is 9.80 Å². The van der Waals surface area contributed by atoms with Gasteiger partial charge in [-0.25, -0.2) is 0 Å². The van der Waals surface area contributed by atoms with E-state index in [1.54, 1.807) is 16.2 Å². The van der Waals surface area contributed by atoms with Crippen LogP contribution in [0.1, 0.15) is 44.1 Å². The predicted octanol–water partition coefficient (Wildman–Crippen LogP) is 4.84. The first kappa shape index (κ1) is 20.7. The minimum absolute atomic E-state index is 0.153. The van der Waals surface area contributed by atoms with Gasteiger partial charge in [0.15, 0.2) is 0 Å². The molecule has 1 aromatic carbocycles. The molecule has 2 aromatic rings. The van der Waals surface area contributed by atoms with Crippen molar-refractivity contribution in [2.45, 2.75) is 44.9 Å². The summed E-state index contributed by atoms with van der Waals surface area (Å²) >= 11 is 1.73. The van der Waals surface area contributed by atoms with E-state index in [-0.39, 0.29) is 11.8 Å². The topological polar surface area (TPSA) is 40.6 Å². The number of nitrogens with zero attached hydrogens (tertiary/aromatic N) is 2. The second kappa shape index (κ2) is 7.77. The first-order valence-electron chi connectivity index (χ1n) is 11.6. The van der Waals surface area contributed by atoms with E-state index >= 15 is 0 Å². The summed E-state index contributed by atoms with van der Waals surface area (Å²) in [7, 11) is 3.69. The number of benzene rings is 1. The van der Waals surface area contributed by atoms with Crippen molar-refractivity contribution in [2.75, 3.05) is 27.2 Å². The molecule has 2 heterocycles. The molecule has 1 spiro atoms. The first-order chi connectivity index (χ1) is 14.9. The van der Waals surface area contributed by atoms with Crippen LogP contribution in [-0.2, 0) is 16.0 Å². The molecule has 3 aliphatic rings. The maximum atomic E-state index is 13.6. The number of amides is 2. The summed E-state index contributed by atoms with van der Waals surface area (Å²) in [5, 5.41) is 2.10. The molecule has 3 fully saturated rings. The van der Waals surface area contributed by atoms with Crippen LogP contribution < -0.4 is 0 Å². The van der Waals surface area contributed by atoms with E-state index in [0.29, 0.717) is 24.3 Å². The van der Waals surface area contributed by atoms with Gasteiger partial charge in [0, 0.05) is 38.0 Å². The van der Waals surface area contributed by atoms with Crippen LogP contribution in [0, 0.1) is 16.7 Å². The zero-order chi connectivity index (χ0) is 21.6. The van der Waals surface area contributed by atoms with E-state index in [1.165, 1.54) is 35.3 Å². The van der Waals surface area contributed by atoms with Gasteiger partial charge >= 0.3 is 0 Å². The summed E-state index contributed by atoms with van der Waals surface area (Å²) < 4.78 is 0. The number of carbonyl (C=O) groups is 2. The molecule has 31 heavy (non-hydrogen) atoms. The van der Waals surface area contributed by atoms with Gasteiger partial charge in [0.2, 0.25) is 11.8 Å². The van der Waals surface area contributed by atoms with E-state index in [0.717, 1.165) is 25.8 Å². The number of likely N-dealkylation sites (tertiary alicyclic amines) is 1. The van der Waals surface area contributed by atoms with Crippen molar-refractivity contribution in [1.29, 1.82) is 0 Å². The van der Waals surface area contributed by atoms with Gasteiger partial charge in [-0.3, -0.25) is 9.59 Å². The Hall–Kier alpha value is -2.14. The largest absolute Gasteiger partial charge is 0.348 e. The van der Waals surface area contributed by atoms with Gasteiger partial charge in [0.25, 0.3) is 0 Å². The molecule has 2 amide bonds. The van der Waals surface area contributed by atoms with E-state index in [1.807, 2.05) is 19.0 Å². The monoisotopic (exact) mass is 436 g/mol.